The molecule has 3 rings (SSSR count). The molecule has 0 bridgehead atoms. The first-order valence-corrected chi connectivity index (χ1v) is 7.89. The van der Waals surface area contributed by atoms with E-state index < -0.39 is 5.91 Å². The van der Waals surface area contributed by atoms with Crippen molar-refractivity contribution in [1.82, 2.24) is 4.98 Å². The van der Waals surface area contributed by atoms with Crippen molar-refractivity contribution in [1.29, 1.82) is 0 Å². The predicted molar refractivity (Wildman–Crippen MR) is 88.3 cm³/mol. The highest BCUT2D eigenvalue weighted by Crippen LogP contribution is 2.36. The normalized spacial score (nSPS) is 16.1. The van der Waals surface area contributed by atoms with Gasteiger partial charge in [0.1, 0.15) is 15.5 Å². The molecule has 7 nitrogen and oxygen atoms in total. The molecular weight excluding hydrogens is 302 g/mol. The largest absolute Gasteiger partial charge is 0.397 e. The standard InChI is InChI=1S/C14H17N5O2S/c1-7-6-9(19-4-2-8(18-21)3-5-19)17-14-10(7)11(15)12(22-14)13(16)20/h6,8H,2-5,15H2,1H3,(H2,16,20). The maximum atomic E-state index is 11.4. The number of piperidine rings is 1. The number of nitrogens with two attached hydrogens (primary N) is 2. The summed E-state index contributed by atoms with van der Waals surface area (Å²) >= 11 is 1.22. The SMILES string of the molecule is Cc1cc(N2CCC(N=O)CC2)nc2sc(C(N)=O)c(N)c12. The van der Waals surface area contributed by atoms with Gasteiger partial charge in [-0.3, -0.25) is 4.79 Å². The summed E-state index contributed by atoms with van der Waals surface area (Å²) in [6.07, 6.45) is 1.47. The third-order valence-corrected chi connectivity index (χ3v) is 5.16. The molecule has 1 amide bonds. The molecule has 1 aliphatic rings. The summed E-state index contributed by atoms with van der Waals surface area (Å²) in [6, 6.07) is 1.87. The quantitative estimate of drug-likeness (QED) is 0.840. The Kier molecular flexibility index (Phi) is 3.69. The summed E-state index contributed by atoms with van der Waals surface area (Å²) in [5.74, 6) is 0.311. The Hall–Kier alpha value is -2.22. The first-order valence-electron chi connectivity index (χ1n) is 7.08. The molecule has 4 N–H and O–H groups in total. The topological polar surface area (TPSA) is 115 Å². The average molecular weight is 319 g/mol. The number of nitrogen functional groups attached to an aromatic ring is 1. The number of carbonyl (C=O) groups excluding carboxylic acids is 1. The van der Waals surface area contributed by atoms with Gasteiger partial charge >= 0.3 is 0 Å². The molecule has 22 heavy (non-hydrogen) atoms. The molecule has 0 unspecified atom stereocenters. The Morgan fingerprint density at radius 3 is 2.73 bits per heavy atom. The maximum Gasteiger partial charge on any atom is 0.260 e. The average Bonchev–Trinajstić information content (AvgIpc) is 2.85. The molecule has 116 valence electrons. The second-order valence-corrected chi connectivity index (χ2v) is 6.51. The molecule has 0 saturated carbocycles. The van der Waals surface area contributed by atoms with E-state index in [-0.39, 0.29) is 6.04 Å². The summed E-state index contributed by atoms with van der Waals surface area (Å²) in [4.78, 5) is 29.9. The minimum Gasteiger partial charge on any atom is -0.397 e. The van der Waals surface area contributed by atoms with Gasteiger partial charge < -0.3 is 16.4 Å². The lowest BCUT2D eigenvalue weighted by atomic mass is 10.1. The fourth-order valence-electron chi connectivity index (χ4n) is 2.84. The first-order chi connectivity index (χ1) is 10.5. The van der Waals surface area contributed by atoms with Crippen molar-refractivity contribution in [3.05, 3.63) is 21.4 Å². The van der Waals surface area contributed by atoms with Crippen molar-refractivity contribution >= 4 is 39.0 Å². The number of hydrogen-bond donors (Lipinski definition) is 2. The van der Waals surface area contributed by atoms with Crippen LogP contribution < -0.4 is 16.4 Å². The zero-order chi connectivity index (χ0) is 15.9. The number of hydrogen-bond acceptors (Lipinski definition) is 7. The number of anilines is 2. The van der Waals surface area contributed by atoms with Crippen LogP contribution in [0, 0.1) is 11.8 Å². The van der Waals surface area contributed by atoms with Gasteiger partial charge in [-0.25, -0.2) is 4.98 Å². The van der Waals surface area contributed by atoms with Crippen molar-refractivity contribution in [3.8, 4) is 0 Å². The van der Waals surface area contributed by atoms with E-state index in [1.807, 2.05) is 13.0 Å². The van der Waals surface area contributed by atoms with E-state index in [4.69, 9.17) is 11.5 Å². The van der Waals surface area contributed by atoms with Gasteiger partial charge in [0.25, 0.3) is 5.91 Å². The molecule has 0 radical (unpaired) electrons. The van der Waals surface area contributed by atoms with E-state index in [9.17, 15) is 9.70 Å². The zero-order valence-corrected chi connectivity index (χ0v) is 13.0. The molecule has 3 heterocycles. The molecule has 1 aliphatic heterocycles. The van der Waals surface area contributed by atoms with Crippen LogP contribution in [0.4, 0.5) is 11.5 Å². The van der Waals surface area contributed by atoms with E-state index in [1.54, 1.807) is 0 Å². The van der Waals surface area contributed by atoms with Gasteiger partial charge in [0.15, 0.2) is 0 Å². The summed E-state index contributed by atoms with van der Waals surface area (Å²) in [6.45, 7) is 3.44. The summed E-state index contributed by atoms with van der Waals surface area (Å²) in [5.41, 5.74) is 12.7. The lowest BCUT2D eigenvalue weighted by molar-refractivity contribution is 0.100. The van der Waals surface area contributed by atoms with E-state index >= 15 is 0 Å². The van der Waals surface area contributed by atoms with Crippen LogP contribution in [-0.4, -0.2) is 30.0 Å². The second-order valence-electron chi connectivity index (χ2n) is 5.51. The minimum atomic E-state index is -0.528. The van der Waals surface area contributed by atoms with Crippen molar-refractivity contribution in [2.75, 3.05) is 23.7 Å². The molecule has 1 saturated heterocycles. The molecule has 0 aromatic carbocycles. The third kappa shape index (κ3) is 2.39. The van der Waals surface area contributed by atoms with Crippen molar-refractivity contribution < 1.29 is 4.79 Å². The monoisotopic (exact) mass is 319 g/mol. The predicted octanol–water partition coefficient (Wildman–Crippen LogP) is 2.02. The van der Waals surface area contributed by atoms with Gasteiger partial charge in [0.2, 0.25) is 0 Å². The highest BCUT2D eigenvalue weighted by molar-refractivity contribution is 7.21. The van der Waals surface area contributed by atoms with Crippen LogP contribution >= 0.6 is 11.3 Å². The van der Waals surface area contributed by atoms with Crippen molar-refractivity contribution in [3.63, 3.8) is 0 Å². The highest BCUT2D eigenvalue weighted by Gasteiger charge is 2.23. The number of aryl methyl sites for hydroxylation is 1. The van der Waals surface area contributed by atoms with E-state index in [2.05, 4.69) is 15.1 Å². The van der Waals surface area contributed by atoms with Gasteiger partial charge in [-0.2, -0.15) is 4.91 Å². The molecular formula is C14H17N5O2S. The Morgan fingerprint density at radius 2 is 2.14 bits per heavy atom. The fraction of sp³-hybridized carbons (Fsp3) is 0.429. The molecule has 8 heteroatoms. The van der Waals surface area contributed by atoms with E-state index in [0.29, 0.717) is 10.6 Å². The number of amides is 1. The molecule has 2 aromatic rings. The van der Waals surface area contributed by atoms with Crippen molar-refractivity contribution in [2.24, 2.45) is 10.9 Å². The summed E-state index contributed by atoms with van der Waals surface area (Å²) < 4.78 is 0. The van der Waals surface area contributed by atoms with Crippen LogP contribution in [0.5, 0.6) is 0 Å². The van der Waals surface area contributed by atoms with Crippen LogP contribution in [-0.2, 0) is 0 Å². The van der Waals surface area contributed by atoms with Gasteiger partial charge in [0.05, 0.1) is 11.7 Å². The lowest BCUT2D eigenvalue weighted by Gasteiger charge is -2.30. The minimum absolute atomic E-state index is 0.0973. The highest BCUT2D eigenvalue weighted by atomic mass is 32.1. The van der Waals surface area contributed by atoms with E-state index in [0.717, 1.165) is 47.5 Å². The van der Waals surface area contributed by atoms with E-state index in [1.165, 1.54) is 11.3 Å². The molecule has 1 fully saturated rings. The van der Waals surface area contributed by atoms with Gasteiger partial charge in [-0.15, -0.1) is 11.3 Å². The Morgan fingerprint density at radius 1 is 1.45 bits per heavy atom. The smallest absolute Gasteiger partial charge is 0.260 e. The van der Waals surface area contributed by atoms with Crippen LogP contribution in [0.15, 0.2) is 11.2 Å². The Bertz CT molecular complexity index is 749. The molecule has 0 spiro atoms. The zero-order valence-electron chi connectivity index (χ0n) is 12.2. The summed E-state index contributed by atoms with van der Waals surface area (Å²) in [5, 5.41) is 3.91. The fourth-order valence-corrected chi connectivity index (χ4v) is 3.86. The number of carbonyl (C=O) groups is 1. The number of aromatic nitrogens is 1. The number of nitrogens with zero attached hydrogens (tertiary/aromatic N) is 3. The van der Waals surface area contributed by atoms with Gasteiger partial charge in [-0.1, -0.05) is 5.18 Å². The maximum absolute atomic E-state index is 11.4. The van der Waals surface area contributed by atoms with Crippen LogP contribution in [0.2, 0.25) is 0 Å². The number of nitroso groups, excluding NO2 is 1. The summed E-state index contributed by atoms with van der Waals surface area (Å²) in [7, 11) is 0. The second kappa shape index (κ2) is 5.53. The van der Waals surface area contributed by atoms with Gasteiger partial charge in [-0.05, 0) is 31.4 Å². The Labute approximate surface area is 131 Å². The molecule has 0 atom stereocenters. The van der Waals surface area contributed by atoms with Crippen LogP contribution in [0.25, 0.3) is 10.2 Å². The number of pyridine rings is 1. The van der Waals surface area contributed by atoms with Crippen LogP contribution in [0.1, 0.15) is 28.1 Å². The van der Waals surface area contributed by atoms with Gasteiger partial charge in [0, 0.05) is 18.5 Å². The first kappa shape index (κ1) is 14.7. The third-order valence-electron chi connectivity index (χ3n) is 4.04. The van der Waals surface area contributed by atoms with Crippen LogP contribution in [0.3, 0.4) is 0 Å². The van der Waals surface area contributed by atoms with Crippen molar-refractivity contribution in [2.45, 2.75) is 25.8 Å². The molecule has 2 aromatic heterocycles. The molecule has 0 aliphatic carbocycles. The number of fused-ring (bicyclic) bond motifs is 1. The number of primary amides is 1. The Balaban J connectivity index is 1.99. The number of thiophene rings is 1. The number of rotatable bonds is 3. The lowest BCUT2D eigenvalue weighted by Crippen LogP contribution is -2.35.